The number of nitrogens with one attached hydrogen (secondary N) is 1. The predicted octanol–water partition coefficient (Wildman–Crippen LogP) is 3.87. The summed E-state index contributed by atoms with van der Waals surface area (Å²) in [5.41, 5.74) is 0.676. The van der Waals surface area contributed by atoms with E-state index >= 15 is 0 Å². The van der Waals surface area contributed by atoms with Crippen molar-refractivity contribution in [3.63, 3.8) is 0 Å². The molecule has 1 heterocycles. The van der Waals surface area contributed by atoms with E-state index < -0.39 is 0 Å². The van der Waals surface area contributed by atoms with Crippen molar-refractivity contribution in [2.75, 3.05) is 0 Å². The summed E-state index contributed by atoms with van der Waals surface area (Å²) in [5.74, 6) is -0.0356. The first kappa shape index (κ1) is 13.3. The van der Waals surface area contributed by atoms with Gasteiger partial charge in [0, 0.05) is 21.8 Å². The fourth-order valence-electron chi connectivity index (χ4n) is 1.73. The molecule has 0 saturated carbocycles. The van der Waals surface area contributed by atoms with Crippen LogP contribution in [0.5, 0.6) is 0 Å². The zero-order valence-electron chi connectivity index (χ0n) is 10.0. The summed E-state index contributed by atoms with van der Waals surface area (Å²) in [5, 5.41) is 5.07. The van der Waals surface area contributed by atoms with E-state index in [1.807, 2.05) is 37.3 Å². The summed E-state index contributed by atoms with van der Waals surface area (Å²) < 4.78 is 0.825. The molecule has 2 rings (SSSR count). The van der Waals surface area contributed by atoms with E-state index in [1.54, 1.807) is 11.3 Å². The van der Waals surface area contributed by atoms with Crippen LogP contribution < -0.4 is 5.32 Å². The molecule has 0 spiro atoms. The lowest BCUT2D eigenvalue weighted by molar-refractivity contribution is 0.0939. The van der Waals surface area contributed by atoms with Crippen molar-refractivity contribution < 1.29 is 4.79 Å². The number of hydrogen-bond donors (Lipinski definition) is 1. The minimum Gasteiger partial charge on any atom is -0.349 e. The third-order valence-electron chi connectivity index (χ3n) is 2.58. The normalized spacial score (nSPS) is 12.1. The first-order chi connectivity index (χ1) is 8.66. The maximum Gasteiger partial charge on any atom is 0.252 e. The van der Waals surface area contributed by atoms with Crippen LogP contribution in [-0.2, 0) is 6.42 Å². The van der Waals surface area contributed by atoms with Crippen LogP contribution >= 0.6 is 27.3 Å². The molecule has 0 aliphatic rings. The highest BCUT2D eigenvalue weighted by Gasteiger charge is 2.12. The summed E-state index contributed by atoms with van der Waals surface area (Å²) in [6.45, 7) is 2.02. The van der Waals surface area contributed by atoms with Gasteiger partial charge < -0.3 is 5.32 Å². The van der Waals surface area contributed by atoms with E-state index in [9.17, 15) is 4.79 Å². The number of hydrogen-bond acceptors (Lipinski definition) is 2. The van der Waals surface area contributed by atoms with E-state index in [-0.39, 0.29) is 11.9 Å². The predicted molar refractivity (Wildman–Crippen MR) is 79.1 cm³/mol. The quantitative estimate of drug-likeness (QED) is 0.909. The molecule has 94 valence electrons. The highest BCUT2D eigenvalue weighted by molar-refractivity contribution is 9.10. The molecule has 0 unspecified atom stereocenters. The Morgan fingerprint density at radius 2 is 2.11 bits per heavy atom. The molecule has 0 aliphatic heterocycles. The third-order valence-corrected chi connectivity index (χ3v) is 4.17. The Labute approximate surface area is 119 Å². The van der Waals surface area contributed by atoms with Crippen LogP contribution in [0.3, 0.4) is 0 Å². The second-order valence-corrected chi connectivity index (χ2v) is 6.02. The Bertz CT molecular complexity index is 524. The largest absolute Gasteiger partial charge is 0.349 e. The van der Waals surface area contributed by atoms with Gasteiger partial charge in [0.25, 0.3) is 5.91 Å². The van der Waals surface area contributed by atoms with Gasteiger partial charge in [-0.2, -0.15) is 0 Å². The number of carbonyl (C=O) groups excluding carboxylic acids is 1. The molecule has 2 aromatic rings. The van der Waals surface area contributed by atoms with Crippen molar-refractivity contribution >= 4 is 33.2 Å². The van der Waals surface area contributed by atoms with E-state index in [2.05, 4.69) is 32.7 Å². The van der Waals surface area contributed by atoms with Crippen LogP contribution in [0, 0.1) is 0 Å². The van der Waals surface area contributed by atoms with Crippen molar-refractivity contribution in [1.82, 2.24) is 5.32 Å². The van der Waals surface area contributed by atoms with Crippen molar-refractivity contribution in [2.24, 2.45) is 0 Å². The summed E-state index contributed by atoms with van der Waals surface area (Å²) >= 11 is 5.11. The van der Waals surface area contributed by atoms with Crippen LogP contribution in [0.25, 0.3) is 0 Å². The van der Waals surface area contributed by atoms with Crippen LogP contribution in [0.15, 0.2) is 46.3 Å². The average molecular weight is 324 g/mol. The first-order valence-electron chi connectivity index (χ1n) is 5.74. The van der Waals surface area contributed by atoms with Crippen molar-refractivity contribution in [3.8, 4) is 0 Å². The second-order valence-electron chi connectivity index (χ2n) is 4.14. The first-order valence-corrected chi connectivity index (χ1v) is 7.42. The average Bonchev–Trinajstić information content (AvgIpc) is 2.82. The van der Waals surface area contributed by atoms with Crippen LogP contribution in [0.4, 0.5) is 0 Å². The highest BCUT2D eigenvalue weighted by Crippen LogP contribution is 2.16. The number of halogens is 1. The monoisotopic (exact) mass is 323 g/mol. The molecule has 0 aliphatic carbocycles. The number of carbonyl (C=O) groups is 1. The lowest BCUT2D eigenvalue weighted by atomic mass is 10.1. The number of benzene rings is 1. The van der Waals surface area contributed by atoms with Crippen LogP contribution in [0.2, 0.25) is 0 Å². The van der Waals surface area contributed by atoms with Gasteiger partial charge in [0.15, 0.2) is 0 Å². The molecule has 0 radical (unpaired) electrons. The summed E-state index contributed by atoms with van der Waals surface area (Å²) in [7, 11) is 0. The third kappa shape index (κ3) is 3.43. The molecule has 4 heteroatoms. The van der Waals surface area contributed by atoms with Crippen molar-refractivity contribution in [3.05, 3.63) is 56.7 Å². The molecular formula is C14H14BrNOS. The number of amides is 1. The molecule has 2 nitrogen and oxygen atoms in total. The minimum atomic E-state index is -0.0356. The SMILES string of the molecule is C[C@@H](Cc1cccs1)NC(=O)c1ccccc1Br. The second kappa shape index (κ2) is 6.16. The Balaban J connectivity index is 1.97. The molecule has 0 fully saturated rings. The zero-order chi connectivity index (χ0) is 13.0. The van der Waals surface area contributed by atoms with Gasteiger partial charge in [-0.05, 0) is 46.4 Å². The molecule has 1 aromatic heterocycles. The molecule has 0 saturated heterocycles. The number of rotatable bonds is 4. The molecule has 1 N–H and O–H groups in total. The van der Waals surface area contributed by atoms with Gasteiger partial charge in [0.1, 0.15) is 0 Å². The van der Waals surface area contributed by atoms with Gasteiger partial charge in [0.2, 0.25) is 0 Å². The zero-order valence-corrected chi connectivity index (χ0v) is 12.4. The van der Waals surface area contributed by atoms with Gasteiger partial charge >= 0.3 is 0 Å². The Hall–Kier alpha value is -1.13. The van der Waals surface area contributed by atoms with Crippen molar-refractivity contribution in [2.45, 2.75) is 19.4 Å². The summed E-state index contributed by atoms with van der Waals surface area (Å²) in [6.07, 6.45) is 0.869. The maximum atomic E-state index is 12.1. The van der Waals surface area contributed by atoms with Gasteiger partial charge in [-0.3, -0.25) is 4.79 Å². The van der Waals surface area contributed by atoms with E-state index in [0.717, 1.165) is 10.9 Å². The maximum absolute atomic E-state index is 12.1. The van der Waals surface area contributed by atoms with Gasteiger partial charge in [-0.15, -0.1) is 11.3 Å². The lowest BCUT2D eigenvalue weighted by Crippen LogP contribution is -2.34. The molecule has 1 atom stereocenters. The van der Waals surface area contributed by atoms with Gasteiger partial charge in [0.05, 0.1) is 5.56 Å². The summed E-state index contributed by atoms with van der Waals surface area (Å²) in [6, 6.07) is 11.7. The van der Waals surface area contributed by atoms with E-state index in [4.69, 9.17) is 0 Å². The molecule has 1 amide bonds. The van der Waals surface area contributed by atoms with Gasteiger partial charge in [-0.25, -0.2) is 0 Å². The molecule has 1 aromatic carbocycles. The fourth-order valence-corrected chi connectivity index (χ4v) is 3.03. The van der Waals surface area contributed by atoms with Crippen LogP contribution in [-0.4, -0.2) is 11.9 Å². The Kier molecular flexibility index (Phi) is 4.55. The molecule has 18 heavy (non-hydrogen) atoms. The molecular weight excluding hydrogens is 310 g/mol. The standard InChI is InChI=1S/C14H14BrNOS/c1-10(9-11-5-4-8-18-11)16-14(17)12-6-2-3-7-13(12)15/h2-8,10H,9H2,1H3,(H,16,17)/t10-/m0/s1. The minimum absolute atomic E-state index is 0.0356. The Morgan fingerprint density at radius 1 is 1.33 bits per heavy atom. The van der Waals surface area contributed by atoms with Crippen molar-refractivity contribution in [1.29, 1.82) is 0 Å². The van der Waals surface area contributed by atoms with Crippen LogP contribution in [0.1, 0.15) is 22.2 Å². The molecule has 0 bridgehead atoms. The smallest absolute Gasteiger partial charge is 0.252 e. The number of thiophene rings is 1. The lowest BCUT2D eigenvalue weighted by Gasteiger charge is -2.13. The fraction of sp³-hybridized carbons (Fsp3) is 0.214. The van der Waals surface area contributed by atoms with Gasteiger partial charge in [-0.1, -0.05) is 18.2 Å². The summed E-state index contributed by atoms with van der Waals surface area (Å²) in [4.78, 5) is 13.4. The van der Waals surface area contributed by atoms with E-state index in [0.29, 0.717) is 5.56 Å². The Morgan fingerprint density at radius 3 is 2.78 bits per heavy atom. The van der Waals surface area contributed by atoms with E-state index in [1.165, 1.54) is 4.88 Å². The highest BCUT2D eigenvalue weighted by atomic mass is 79.9. The topological polar surface area (TPSA) is 29.1 Å².